The number of hydrogen-bond acceptors (Lipinski definition) is 1. The van der Waals surface area contributed by atoms with E-state index in [2.05, 4.69) is 21.2 Å². The van der Waals surface area contributed by atoms with Gasteiger partial charge in [-0.05, 0) is 35.9 Å². The summed E-state index contributed by atoms with van der Waals surface area (Å²) in [6.45, 7) is 4.42. The molecule has 0 amide bonds. The molecular formula is C16H16BrF2N. The molecular weight excluding hydrogens is 324 g/mol. The molecule has 1 nitrogen and oxygen atoms in total. The van der Waals surface area contributed by atoms with Gasteiger partial charge in [-0.25, -0.2) is 8.78 Å². The van der Waals surface area contributed by atoms with E-state index < -0.39 is 0 Å². The quantitative estimate of drug-likeness (QED) is 0.835. The zero-order valence-electron chi connectivity index (χ0n) is 11.4. The predicted molar refractivity (Wildman–Crippen MR) is 81.5 cm³/mol. The van der Waals surface area contributed by atoms with Gasteiger partial charge in [-0.2, -0.15) is 0 Å². The molecule has 0 bridgehead atoms. The normalized spacial score (nSPS) is 11.1. The average Bonchev–Trinajstić information content (AvgIpc) is 2.40. The first-order chi connectivity index (χ1) is 9.47. The maximum atomic E-state index is 13.9. The van der Waals surface area contributed by atoms with E-state index in [4.69, 9.17) is 0 Å². The number of nitrogens with one attached hydrogen (secondary N) is 1. The SMILES string of the molecule is CC(C)NCc1cc(-c2cc(Br)ccc2F)ccc1F. The van der Waals surface area contributed by atoms with Crippen LogP contribution in [0.25, 0.3) is 11.1 Å². The Bertz CT molecular complexity index is 611. The molecule has 0 unspecified atom stereocenters. The molecule has 0 saturated heterocycles. The molecule has 0 fully saturated rings. The van der Waals surface area contributed by atoms with Crippen molar-refractivity contribution in [2.45, 2.75) is 26.4 Å². The van der Waals surface area contributed by atoms with Crippen LogP contribution in [-0.2, 0) is 6.54 Å². The van der Waals surface area contributed by atoms with E-state index in [9.17, 15) is 8.78 Å². The Morgan fingerprint density at radius 3 is 2.45 bits per heavy atom. The first kappa shape index (κ1) is 15.1. The third-order valence-electron chi connectivity index (χ3n) is 2.99. The van der Waals surface area contributed by atoms with E-state index >= 15 is 0 Å². The van der Waals surface area contributed by atoms with Gasteiger partial charge in [-0.3, -0.25) is 0 Å². The van der Waals surface area contributed by atoms with Crippen LogP contribution < -0.4 is 5.32 Å². The summed E-state index contributed by atoms with van der Waals surface area (Å²) in [5.41, 5.74) is 1.67. The van der Waals surface area contributed by atoms with Gasteiger partial charge in [0.1, 0.15) is 11.6 Å². The first-order valence-corrected chi connectivity index (χ1v) is 7.24. The summed E-state index contributed by atoms with van der Waals surface area (Å²) >= 11 is 3.32. The van der Waals surface area contributed by atoms with Gasteiger partial charge >= 0.3 is 0 Å². The molecule has 0 aliphatic heterocycles. The van der Waals surface area contributed by atoms with Crippen LogP contribution >= 0.6 is 15.9 Å². The van der Waals surface area contributed by atoms with Gasteiger partial charge in [0.25, 0.3) is 0 Å². The second-order valence-electron chi connectivity index (χ2n) is 4.97. The van der Waals surface area contributed by atoms with Crippen molar-refractivity contribution in [3.63, 3.8) is 0 Å². The monoisotopic (exact) mass is 339 g/mol. The highest BCUT2D eigenvalue weighted by atomic mass is 79.9. The van der Waals surface area contributed by atoms with Crippen LogP contribution in [0, 0.1) is 11.6 Å². The number of hydrogen-bond donors (Lipinski definition) is 1. The highest BCUT2D eigenvalue weighted by Crippen LogP contribution is 2.27. The average molecular weight is 340 g/mol. The molecule has 2 aromatic carbocycles. The molecule has 0 saturated carbocycles. The fourth-order valence-electron chi connectivity index (χ4n) is 1.91. The molecule has 0 aliphatic carbocycles. The van der Waals surface area contributed by atoms with Gasteiger partial charge in [0.2, 0.25) is 0 Å². The number of benzene rings is 2. The van der Waals surface area contributed by atoms with Gasteiger partial charge in [-0.1, -0.05) is 35.8 Å². The lowest BCUT2D eigenvalue weighted by molar-refractivity contribution is 0.553. The summed E-state index contributed by atoms with van der Waals surface area (Å²) in [6, 6.07) is 9.67. The zero-order chi connectivity index (χ0) is 14.7. The van der Waals surface area contributed by atoms with Gasteiger partial charge in [0.15, 0.2) is 0 Å². The highest BCUT2D eigenvalue weighted by molar-refractivity contribution is 9.10. The van der Waals surface area contributed by atoms with Gasteiger partial charge < -0.3 is 5.32 Å². The molecule has 2 rings (SSSR count). The standard InChI is InChI=1S/C16H16BrF2N/c1-10(2)20-9-12-7-11(3-5-15(12)18)14-8-13(17)4-6-16(14)19/h3-8,10,20H,9H2,1-2H3. The lowest BCUT2D eigenvalue weighted by atomic mass is 10.0. The van der Waals surface area contributed by atoms with Crippen molar-refractivity contribution in [3.8, 4) is 11.1 Å². The summed E-state index contributed by atoms with van der Waals surface area (Å²) in [4.78, 5) is 0. The van der Waals surface area contributed by atoms with Crippen LogP contribution in [0.1, 0.15) is 19.4 Å². The Labute approximate surface area is 126 Å². The van der Waals surface area contributed by atoms with Crippen LogP contribution in [0.3, 0.4) is 0 Å². The van der Waals surface area contributed by atoms with Crippen molar-refractivity contribution in [2.75, 3.05) is 0 Å². The van der Waals surface area contributed by atoms with Crippen LogP contribution in [-0.4, -0.2) is 6.04 Å². The second-order valence-corrected chi connectivity index (χ2v) is 5.88. The minimum Gasteiger partial charge on any atom is -0.310 e. The zero-order valence-corrected chi connectivity index (χ0v) is 13.0. The minimum atomic E-state index is -0.317. The van der Waals surface area contributed by atoms with E-state index in [1.807, 2.05) is 13.8 Å². The molecule has 106 valence electrons. The van der Waals surface area contributed by atoms with Crippen LogP contribution in [0.4, 0.5) is 8.78 Å². The van der Waals surface area contributed by atoms with Gasteiger partial charge in [0, 0.05) is 28.2 Å². The molecule has 4 heteroatoms. The first-order valence-electron chi connectivity index (χ1n) is 6.44. The summed E-state index contributed by atoms with van der Waals surface area (Å²) < 4.78 is 28.4. The lowest BCUT2D eigenvalue weighted by Crippen LogP contribution is -2.22. The number of rotatable bonds is 4. The topological polar surface area (TPSA) is 12.0 Å². The third-order valence-corrected chi connectivity index (χ3v) is 3.48. The molecule has 2 aromatic rings. The summed E-state index contributed by atoms with van der Waals surface area (Å²) in [5, 5.41) is 3.16. The van der Waals surface area contributed by atoms with Crippen molar-refractivity contribution in [3.05, 3.63) is 58.1 Å². The van der Waals surface area contributed by atoms with E-state index in [-0.39, 0.29) is 17.7 Å². The fourth-order valence-corrected chi connectivity index (χ4v) is 2.27. The van der Waals surface area contributed by atoms with Crippen molar-refractivity contribution in [1.82, 2.24) is 5.32 Å². The Morgan fingerprint density at radius 1 is 1.05 bits per heavy atom. The highest BCUT2D eigenvalue weighted by Gasteiger charge is 2.09. The van der Waals surface area contributed by atoms with E-state index in [0.717, 1.165) is 4.47 Å². The van der Waals surface area contributed by atoms with Crippen molar-refractivity contribution in [2.24, 2.45) is 0 Å². The van der Waals surface area contributed by atoms with Crippen molar-refractivity contribution in [1.29, 1.82) is 0 Å². The molecule has 0 heterocycles. The third kappa shape index (κ3) is 3.64. The minimum absolute atomic E-state index is 0.265. The van der Waals surface area contributed by atoms with Crippen molar-refractivity contribution < 1.29 is 8.78 Å². The lowest BCUT2D eigenvalue weighted by Gasteiger charge is -2.11. The van der Waals surface area contributed by atoms with E-state index in [1.54, 1.807) is 24.3 Å². The molecule has 0 aromatic heterocycles. The van der Waals surface area contributed by atoms with Crippen molar-refractivity contribution >= 4 is 15.9 Å². The summed E-state index contributed by atoms with van der Waals surface area (Å²) in [6.07, 6.45) is 0. The van der Waals surface area contributed by atoms with Crippen LogP contribution in [0.2, 0.25) is 0 Å². The molecule has 1 N–H and O–H groups in total. The van der Waals surface area contributed by atoms with E-state index in [1.165, 1.54) is 12.1 Å². The summed E-state index contributed by atoms with van der Waals surface area (Å²) in [5.74, 6) is -0.597. The predicted octanol–water partition coefficient (Wildman–Crippen LogP) is 4.89. The molecule has 0 aliphatic rings. The molecule has 0 spiro atoms. The second kappa shape index (κ2) is 6.46. The maximum absolute atomic E-state index is 13.9. The van der Waals surface area contributed by atoms with Crippen LogP contribution in [0.5, 0.6) is 0 Å². The maximum Gasteiger partial charge on any atom is 0.131 e. The number of halogens is 3. The van der Waals surface area contributed by atoms with E-state index in [0.29, 0.717) is 23.2 Å². The fraction of sp³-hybridized carbons (Fsp3) is 0.250. The molecule has 0 radical (unpaired) electrons. The largest absolute Gasteiger partial charge is 0.310 e. The Morgan fingerprint density at radius 2 is 1.75 bits per heavy atom. The Kier molecular flexibility index (Phi) is 4.89. The van der Waals surface area contributed by atoms with Crippen LogP contribution in [0.15, 0.2) is 40.9 Å². The molecule has 20 heavy (non-hydrogen) atoms. The van der Waals surface area contributed by atoms with Gasteiger partial charge in [0.05, 0.1) is 0 Å². The molecule has 0 atom stereocenters. The smallest absolute Gasteiger partial charge is 0.131 e. The van der Waals surface area contributed by atoms with Gasteiger partial charge in [-0.15, -0.1) is 0 Å². The summed E-state index contributed by atoms with van der Waals surface area (Å²) in [7, 11) is 0. The Balaban J connectivity index is 2.37. The Hall–Kier alpha value is -1.26.